The molecule has 4 rings (SSSR count). The standard InChI is InChI=1S/C23H28N2O4/c1-22(2)28-20-19(14-24-13-17-9-5-3-6-10-17)27-16-23(20,29-22)15-25-21(26)18-11-7-4-8-12-18/h3-12,19-20,24H,13-16H2,1-2H3,(H,25,26)/t19-,20?,23+/m1/s1. The van der Waals surface area contributed by atoms with Crippen molar-refractivity contribution in [3.63, 3.8) is 0 Å². The Hall–Kier alpha value is -2.25. The van der Waals surface area contributed by atoms with Gasteiger partial charge in [-0.25, -0.2) is 0 Å². The minimum absolute atomic E-state index is 0.127. The largest absolute Gasteiger partial charge is 0.371 e. The fourth-order valence-electron chi connectivity index (χ4n) is 4.08. The third-order valence-corrected chi connectivity index (χ3v) is 5.36. The summed E-state index contributed by atoms with van der Waals surface area (Å²) in [5.74, 6) is -0.846. The van der Waals surface area contributed by atoms with E-state index in [1.54, 1.807) is 12.1 Å². The van der Waals surface area contributed by atoms with E-state index in [2.05, 4.69) is 22.8 Å². The van der Waals surface area contributed by atoms with Gasteiger partial charge in [0.1, 0.15) is 11.7 Å². The second-order valence-electron chi connectivity index (χ2n) is 8.12. The van der Waals surface area contributed by atoms with Crippen LogP contribution >= 0.6 is 0 Å². The molecule has 6 nitrogen and oxygen atoms in total. The molecule has 2 aliphatic rings. The summed E-state index contributed by atoms with van der Waals surface area (Å²) in [5.41, 5.74) is 1.15. The summed E-state index contributed by atoms with van der Waals surface area (Å²) >= 11 is 0. The van der Waals surface area contributed by atoms with Gasteiger partial charge >= 0.3 is 0 Å². The Kier molecular flexibility index (Phi) is 5.69. The van der Waals surface area contributed by atoms with Crippen molar-refractivity contribution in [1.29, 1.82) is 0 Å². The summed E-state index contributed by atoms with van der Waals surface area (Å²) < 4.78 is 18.5. The minimum atomic E-state index is -0.719. The highest BCUT2D eigenvalue weighted by Crippen LogP contribution is 2.43. The number of amides is 1. The number of fused-ring (bicyclic) bond motifs is 1. The highest BCUT2D eigenvalue weighted by molar-refractivity contribution is 5.94. The van der Waals surface area contributed by atoms with Gasteiger partial charge in [0.15, 0.2) is 5.79 Å². The van der Waals surface area contributed by atoms with Crippen LogP contribution in [0.2, 0.25) is 0 Å². The molecular formula is C23H28N2O4. The van der Waals surface area contributed by atoms with E-state index < -0.39 is 11.4 Å². The van der Waals surface area contributed by atoms with Crippen molar-refractivity contribution in [1.82, 2.24) is 10.6 Å². The molecule has 0 bridgehead atoms. The van der Waals surface area contributed by atoms with E-state index in [0.717, 1.165) is 6.54 Å². The number of hydrogen-bond donors (Lipinski definition) is 2. The fraction of sp³-hybridized carbons (Fsp3) is 0.435. The normalized spacial score (nSPS) is 27.5. The van der Waals surface area contributed by atoms with E-state index in [1.807, 2.05) is 50.2 Å². The molecule has 29 heavy (non-hydrogen) atoms. The molecule has 2 N–H and O–H groups in total. The minimum Gasteiger partial charge on any atom is -0.371 e. The monoisotopic (exact) mass is 396 g/mol. The highest BCUT2D eigenvalue weighted by atomic mass is 16.8. The maximum atomic E-state index is 12.5. The summed E-state index contributed by atoms with van der Waals surface area (Å²) in [6.07, 6.45) is -0.397. The third kappa shape index (κ3) is 4.51. The van der Waals surface area contributed by atoms with Crippen molar-refractivity contribution in [3.05, 3.63) is 71.8 Å². The van der Waals surface area contributed by atoms with Crippen molar-refractivity contribution >= 4 is 5.91 Å². The van der Waals surface area contributed by atoms with Crippen molar-refractivity contribution in [2.75, 3.05) is 19.7 Å². The number of nitrogens with one attached hydrogen (secondary N) is 2. The smallest absolute Gasteiger partial charge is 0.251 e. The number of carbonyl (C=O) groups is 1. The second kappa shape index (κ2) is 8.24. The Morgan fingerprint density at radius 3 is 2.48 bits per heavy atom. The first-order chi connectivity index (χ1) is 14.0. The molecule has 3 atom stereocenters. The van der Waals surface area contributed by atoms with Crippen molar-refractivity contribution < 1.29 is 19.0 Å². The highest BCUT2D eigenvalue weighted by Gasteiger charge is 2.60. The molecule has 154 valence electrons. The second-order valence-corrected chi connectivity index (χ2v) is 8.12. The molecule has 2 heterocycles. The van der Waals surface area contributed by atoms with Gasteiger partial charge in [0.05, 0.1) is 19.3 Å². The number of hydrogen-bond acceptors (Lipinski definition) is 5. The molecule has 0 radical (unpaired) electrons. The van der Waals surface area contributed by atoms with Crippen LogP contribution < -0.4 is 10.6 Å². The van der Waals surface area contributed by atoms with Crippen LogP contribution in [-0.4, -0.2) is 49.2 Å². The van der Waals surface area contributed by atoms with Gasteiger partial charge < -0.3 is 24.8 Å². The average Bonchev–Trinajstić information content (AvgIpc) is 3.18. The lowest BCUT2D eigenvalue weighted by molar-refractivity contribution is -0.188. The number of benzene rings is 2. The zero-order valence-corrected chi connectivity index (χ0v) is 16.9. The molecular weight excluding hydrogens is 368 g/mol. The Morgan fingerprint density at radius 2 is 1.76 bits per heavy atom. The number of carbonyl (C=O) groups excluding carboxylic acids is 1. The molecule has 2 aliphatic heterocycles. The fourth-order valence-corrected chi connectivity index (χ4v) is 4.08. The van der Waals surface area contributed by atoms with Gasteiger partial charge in [-0.15, -0.1) is 0 Å². The van der Waals surface area contributed by atoms with E-state index >= 15 is 0 Å². The molecule has 6 heteroatoms. The first kappa shape index (κ1) is 20.0. The Bertz CT molecular complexity index is 827. The maximum absolute atomic E-state index is 12.5. The predicted octanol–water partition coefficient (Wildman–Crippen LogP) is 2.50. The molecule has 1 unspecified atom stereocenters. The maximum Gasteiger partial charge on any atom is 0.251 e. The van der Waals surface area contributed by atoms with Crippen LogP contribution in [0.15, 0.2) is 60.7 Å². The zero-order chi connectivity index (χ0) is 20.3. The lowest BCUT2D eigenvalue weighted by atomic mass is 9.96. The van der Waals surface area contributed by atoms with Crippen LogP contribution in [0.25, 0.3) is 0 Å². The summed E-state index contributed by atoms with van der Waals surface area (Å²) in [6, 6.07) is 19.4. The summed E-state index contributed by atoms with van der Waals surface area (Å²) in [5, 5.41) is 6.44. The van der Waals surface area contributed by atoms with E-state index in [4.69, 9.17) is 14.2 Å². The third-order valence-electron chi connectivity index (χ3n) is 5.36. The van der Waals surface area contributed by atoms with Crippen molar-refractivity contribution in [2.24, 2.45) is 0 Å². The molecule has 2 aromatic carbocycles. The van der Waals surface area contributed by atoms with Crippen LogP contribution in [0.3, 0.4) is 0 Å². The van der Waals surface area contributed by atoms with E-state index in [0.29, 0.717) is 25.3 Å². The Balaban J connectivity index is 1.38. The lowest BCUT2D eigenvalue weighted by Crippen LogP contribution is -2.51. The SMILES string of the molecule is CC1(C)OC2[C@@H](CNCc3ccccc3)OC[C@]2(CNC(=O)c2ccccc2)O1. The van der Waals surface area contributed by atoms with Gasteiger partial charge in [-0.05, 0) is 31.5 Å². The molecule has 0 aliphatic carbocycles. The first-order valence-corrected chi connectivity index (χ1v) is 10.0. The van der Waals surface area contributed by atoms with Crippen molar-refractivity contribution in [2.45, 2.75) is 44.0 Å². The van der Waals surface area contributed by atoms with Gasteiger partial charge in [-0.2, -0.15) is 0 Å². The Morgan fingerprint density at radius 1 is 1.07 bits per heavy atom. The Labute approximate surface area is 171 Å². The molecule has 2 saturated heterocycles. The lowest BCUT2D eigenvalue weighted by Gasteiger charge is -2.27. The molecule has 0 saturated carbocycles. The van der Waals surface area contributed by atoms with Crippen LogP contribution in [-0.2, 0) is 20.8 Å². The van der Waals surface area contributed by atoms with Crippen molar-refractivity contribution in [3.8, 4) is 0 Å². The summed E-state index contributed by atoms with van der Waals surface area (Å²) in [6.45, 7) is 5.93. The van der Waals surface area contributed by atoms with Crippen LogP contribution in [0.5, 0.6) is 0 Å². The van der Waals surface area contributed by atoms with Crippen LogP contribution in [0.4, 0.5) is 0 Å². The van der Waals surface area contributed by atoms with E-state index in [1.165, 1.54) is 5.56 Å². The number of ether oxygens (including phenoxy) is 3. The topological polar surface area (TPSA) is 68.8 Å². The molecule has 2 fully saturated rings. The first-order valence-electron chi connectivity index (χ1n) is 10.0. The molecule has 1 amide bonds. The molecule has 0 aromatic heterocycles. The zero-order valence-electron chi connectivity index (χ0n) is 16.9. The van der Waals surface area contributed by atoms with E-state index in [-0.39, 0.29) is 18.1 Å². The summed E-state index contributed by atoms with van der Waals surface area (Å²) in [7, 11) is 0. The van der Waals surface area contributed by atoms with Gasteiger partial charge in [-0.1, -0.05) is 48.5 Å². The molecule has 2 aromatic rings. The average molecular weight is 396 g/mol. The van der Waals surface area contributed by atoms with Gasteiger partial charge in [0.2, 0.25) is 0 Å². The van der Waals surface area contributed by atoms with Gasteiger partial charge in [-0.3, -0.25) is 4.79 Å². The van der Waals surface area contributed by atoms with Gasteiger partial charge in [0, 0.05) is 18.7 Å². The van der Waals surface area contributed by atoms with Crippen LogP contribution in [0.1, 0.15) is 29.8 Å². The van der Waals surface area contributed by atoms with Crippen LogP contribution in [0, 0.1) is 0 Å². The van der Waals surface area contributed by atoms with Gasteiger partial charge in [0.25, 0.3) is 5.91 Å². The predicted molar refractivity (Wildman–Crippen MR) is 109 cm³/mol. The quantitative estimate of drug-likeness (QED) is 0.753. The molecule has 0 spiro atoms. The number of rotatable bonds is 7. The summed E-state index contributed by atoms with van der Waals surface area (Å²) in [4.78, 5) is 12.5. The van der Waals surface area contributed by atoms with E-state index in [9.17, 15) is 4.79 Å².